The van der Waals surface area contributed by atoms with Crippen molar-refractivity contribution >= 4 is 27.4 Å². The maximum Gasteiger partial charge on any atom is 0.245 e. The largest absolute Gasteiger partial charge is 0.311 e. The van der Waals surface area contributed by atoms with E-state index >= 15 is 0 Å². The van der Waals surface area contributed by atoms with Gasteiger partial charge in [0.2, 0.25) is 15.9 Å². The first-order valence-corrected chi connectivity index (χ1v) is 9.36. The number of hydrogen-bond acceptors (Lipinski definition) is 4. The molecule has 3 rings (SSSR count). The number of sulfonamides is 1. The van der Waals surface area contributed by atoms with E-state index in [1.165, 1.54) is 31.2 Å². The number of rotatable bonds is 5. The molecule has 7 heteroatoms. The van der Waals surface area contributed by atoms with Gasteiger partial charge < -0.3 is 4.90 Å². The van der Waals surface area contributed by atoms with Gasteiger partial charge in [0.05, 0.1) is 4.90 Å². The van der Waals surface area contributed by atoms with Crippen LogP contribution in [0.4, 0.5) is 5.69 Å². The third-order valence-electron chi connectivity index (χ3n) is 4.14. The van der Waals surface area contributed by atoms with Crippen LogP contribution in [0, 0.1) is 0 Å². The lowest BCUT2D eigenvalue weighted by molar-refractivity contribution is -0.118. The van der Waals surface area contributed by atoms with Crippen LogP contribution in [0.2, 0.25) is 0 Å². The van der Waals surface area contributed by atoms with Crippen molar-refractivity contribution in [3.05, 3.63) is 60.2 Å². The molecule has 0 unspecified atom stereocenters. The van der Waals surface area contributed by atoms with Crippen LogP contribution < -0.4 is 9.62 Å². The van der Waals surface area contributed by atoms with Gasteiger partial charge in [-0.2, -0.15) is 4.72 Å². The van der Waals surface area contributed by atoms with Crippen molar-refractivity contribution in [3.63, 3.8) is 0 Å². The van der Waals surface area contributed by atoms with Gasteiger partial charge in [0.15, 0.2) is 5.78 Å². The molecule has 0 radical (unpaired) electrons. The van der Waals surface area contributed by atoms with Gasteiger partial charge in [-0.15, -0.1) is 0 Å². The Morgan fingerprint density at radius 1 is 1.08 bits per heavy atom. The molecule has 0 aromatic heterocycles. The van der Waals surface area contributed by atoms with Gasteiger partial charge in [0.1, 0.15) is 6.04 Å². The van der Waals surface area contributed by atoms with E-state index in [0.717, 1.165) is 5.69 Å². The molecule has 0 aliphatic carbocycles. The minimum Gasteiger partial charge on any atom is -0.311 e. The van der Waals surface area contributed by atoms with Crippen LogP contribution in [0.1, 0.15) is 23.7 Å². The smallest absolute Gasteiger partial charge is 0.245 e. The molecule has 1 atom stereocenters. The molecule has 2 aromatic carbocycles. The van der Waals surface area contributed by atoms with Gasteiger partial charge in [0.25, 0.3) is 0 Å². The molecule has 0 spiro atoms. The quantitative estimate of drug-likeness (QED) is 0.829. The van der Waals surface area contributed by atoms with E-state index in [2.05, 4.69) is 4.72 Å². The highest BCUT2D eigenvalue weighted by molar-refractivity contribution is 7.89. The van der Waals surface area contributed by atoms with Gasteiger partial charge in [0, 0.05) is 17.8 Å². The Morgan fingerprint density at radius 2 is 1.72 bits per heavy atom. The first-order chi connectivity index (χ1) is 11.9. The van der Waals surface area contributed by atoms with Crippen molar-refractivity contribution in [2.45, 2.75) is 24.3 Å². The fourth-order valence-corrected chi connectivity index (χ4v) is 4.00. The Kier molecular flexibility index (Phi) is 4.69. The number of carbonyl (C=O) groups excluding carboxylic acids is 2. The van der Waals surface area contributed by atoms with Crippen LogP contribution >= 0.6 is 0 Å². The summed E-state index contributed by atoms with van der Waals surface area (Å²) in [6.07, 6.45) is 0.401. The average molecular weight is 358 g/mol. The second kappa shape index (κ2) is 6.78. The van der Waals surface area contributed by atoms with Gasteiger partial charge in [-0.05, 0) is 37.6 Å². The second-order valence-corrected chi connectivity index (χ2v) is 7.58. The van der Waals surface area contributed by atoms with Crippen molar-refractivity contribution < 1.29 is 18.0 Å². The predicted octanol–water partition coefficient (Wildman–Crippen LogP) is 1.97. The third kappa shape index (κ3) is 3.62. The molecule has 2 aromatic rings. The highest BCUT2D eigenvalue weighted by Crippen LogP contribution is 2.22. The molecule has 6 nitrogen and oxygen atoms in total. The molecule has 1 aliphatic rings. The number of nitrogens with zero attached hydrogens (tertiary/aromatic N) is 1. The molecule has 1 heterocycles. The maximum absolute atomic E-state index is 12.5. The Balaban J connectivity index is 1.75. The summed E-state index contributed by atoms with van der Waals surface area (Å²) in [7, 11) is -3.83. The summed E-state index contributed by atoms with van der Waals surface area (Å²) >= 11 is 0. The molecule has 25 heavy (non-hydrogen) atoms. The van der Waals surface area contributed by atoms with E-state index in [0.29, 0.717) is 18.5 Å². The molecular weight excluding hydrogens is 340 g/mol. The Labute approximate surface area is 146 Å². The van der Waals surface area contributed by atoms with E-state index in [9.17, 15) is 18.0 Å². The lowest BCUT2D eigenvalue weighted by Crippen LogP contribution is -2.41. The monoisotopic (exact) mass is 358 g/mol. The van der Waals surface area contributed by atoms with Crippen LogP contribution in [0.3, 0.4) is 0 Å². The maximum atomic E-state index is 12.5. The summed E-state index contributed by atoms with van der Waals surface area (Å²) in [5.41, 5.74) is 1.19. The molecule has 1 aliphatic heterocycles. The van der Waals surface area contributed by atoms with Crippen molar-refractivity contribution in [3.8, 4) is 0 Å². The highest BCUT2D eigenvalue weighted by Gasteiger charge is 2.35. The number of Topliss-reactive ketones (excluding diaryl/α,β-unsaturated/α-hetero) is 1. The van der Waals surface area contributed by atoms with Crippen LogP contribution in [-0.2, 0) is 14.8 Å². The molecule has 1 amide bonds. The summed E-state index contributed by atoms with van der Waals surface area (Å²) < 4.78 is 27.4. The van der Waals surface area contributed by atoms with Crippen LogP contribution in [0.15, 0.2) is 59.5 Å². The van der Waals surface area contributed by atoms with Gasteiger partial charge >= 0.3 is 0 Å². The fourth-order valence-electron chi connectivity index (χ4n) is 2.78. The number of amides is 1. The van der Waals surface area contributed by atoms with E-state index < -0.39 is 16.1 Å². The second-order valence-electron chi connectivity index (χ2n) is 5.87. The number of carbonyl (C=O) groups is 2. The molecule has 1 fully saturated rings. The van der Waals surface area contributed by atoms with Crippen molar-refractivity contribution in [1.29, 1.82) is 0 Å². The Hall–Kier alpha value is -2.51. The molecule has 130 valence electrons. The summed E-state index contributed by atoms with van der Waals surface area (Å²) in [6.45, 7) is 1.87. The molecule has 1 N–H and O–H groups in total. The van der Waals surface area contributed by atoms with Gasteiger partial charge in [-0.25, -0.2) is 8.42 Å². The van der Waals surface area contributed by atoms with Crippen LogP contribution in [0.5, 0.6) is 0 Å². The van der Waals surface area contributed by atoms with Crippen molar-refractivity contribution in [2.24, 2.45) is 0 Å². The number of ketones is 1. The first kappa shape index (κ1) is 17.3. The number of hydrogen-bond donors (Lipinski definition) is 1. The Bertz CT molecular complexity index is 892. The predicted molar refractivity (Wildman–Crippen MR) is 94.0 cm³/mol. The molecule has 0 bridgehead atoms. The van der Waals surface area contributed by atoms with E-state index in [-0.39, 0.29) is 16.6 Å². The van der Waals surface area contributed by atoms with E-state index in [1.807, 2.05) is 30.3 Å². The fraction of sp³-hybridized carbons (Fsp3) is 0.222. The molecule has 0 saturated carbocycles. The normalized spacial score (nSPS) is 17.7. The van der Waals surface area contributed by atoms with Crippen molar-refractivity contribution in [2.75, 3.05) is 11.4 Å². The lowest BCUT2D eigenvalue weighted by atomic mass is 10.2. The number of nitrogens with one attached hydrogen (secondary N) is 1. The van der Waals surface area contributed by atoms with Gasteiger partial charge in [-0.3, -0.25) is 9.59 Å². The zero-order valence-electron chi connectivity index (χ0n) is 13.7. The minimum absolute atomic E-state index is 0.0310. The summed E-state index contributed by atoms with van der Waals surface area (Å²) in [5.74, 6) is -0.406. The molecular formula is C18H18N2O4S. The molecule has 1 saturated heterocycles. The summed E-state index contributed by atoms with van der Waals surface area (Å²) in [6, 6.07) is 14.0. The van der Waals surface area contributed by atoms with Crippen molar-refractivity contribution in [1.82, 2.24) is 4.72 Å². The zero-order chi connectivity index (χ0) is 18.0. The number of benzene rings is 2. The van der Waals surface area contributed by atoms with Crippen LogP contribution in [0.25, 0.3) is 0 Å². The van der Waals surface area contributed by atoms with E-state index in [1.54, 1.807) is 4.90 Å². The standard InChI is InChI=1S/C18H18N2O4S/c1-13(21)14-7-9-16(10-8-14)25(23,24)19-17-11-12-20(18(17)22)15-5-3-2-4-6-15/h2-10,17,19H,11-12H2,1H3/t17-/m0/s1. The first-order valence-electron chi connectivity index (χ1n) is 7.88. The minimum atomic E-state index is -3.83. The Morgan fingerprint density at radius 3 is 2.32 bits per heavy atom. The third-order valence-corrected chi connectivity index (χ3v) is 5.63. The SMILES string of the molecule is CC(=O)c1ccc(S(=O)(=O)N[C@H]2CCN(c3ccccc3)C2=O)cc1. The highest BCUT2D eigenvalue weighted by atomic mass is 32.2. The topological polar surface area (TPSA) is 83.6 Å². The van der Waals surface area contributed by atoms with Gasteiger partial charge in [-0.1, -0.05) is 30.3 Å². The summed E-state index contributed by atoms with van der Waals surface area (Å²) in [5, 5.41) is 0. The summed E-state index contributed by atoms with van der Waals surface area (Å²) in [4.78, 5) is 25.4. The van der Waals surface area contributed by atoms with Crippen LogP contribution in [-0.4, -0.2) is 32.7 Å². The number of anilines is 1. The zero-order valence-corrected chi connectivity index (χ0v) is 14.5. The van der Waals surface area contributed by atoms with E-state index in [4.69, 9.17) is 0 Å². The lowest BCUT2D eigenvalue weighted by Gasteiger charge is -2.17. The number of para-hydroxylation sites is 1. The average Bonchev–Trinajstić information content (AvgIpc) is 2.96.